The maximum atomic E-state index is 13.5. The topological polar surface area (TPSA) is 69.6 Å². The highest BCUT2D eigenvalue weighted by Crippen LogP contribution is 2.23. The van der Waals surface area contributed by atoms with Crippen molar-refractivity contribution in [1.29, 1.82) is 0 Å². The molecule has 0 saturated carbocycles. The lowest BCUT2D eigenvalue weighted by Gasteiger charge is -2.05. The number of nitrogens with zero attached hydrogens (tertiary/aromatic N) is 4. The molecule has 1 aromatic heterocycles. The summed E-state index contributed by atoms with van der Waals surface area (Å²) in [7, 11) is 0. The highest BCUT2D eigenvalue weighted by Gasteiger charge is 2.12. The summed E-state index contributed by atoms with van der Waals surface area (Å²) in [4.78, 5) is 0. The molecule has 7 heteroatoms. The summed E-state index contributed by atoms with van der Waals surface area (Å²) >= 11 is 5.67. The normalized spacial score (nSPS) is 10.7. The van der Waals surface area contributed by atoms with E-state index in [9.17, 15) is 4.39 Å². The van der Waals surface area contributed by atoms with Crippen LogP contribution in [-0.4, -0.2) is 20.2 Å². The van der Waals surface area contributed by atoms with Crippen molar-refractivity contribution in [2.24, 2.45) is 0 Å². The van der Waals surface area contributed by atoms with Crippen LogP contribution in [-0.2, 0) is 0 Å². The van der Waals surface area contributed by atoms with Gasteiger partial charge in [0, 0.05) is 17.3 Å². The van der Waals surface area contributed by atoms with Gasteiger partial charge in [-0.3, -0.25) is 0 Å². The number of halogens is 2. The van der Waals surface area contributed by atoms with Crippen LogP contribution in [0, 0.1) is 5.82 Å². The average Bonchev–Trinajstić information content (AvgIpc) is 2.92. The number of aromatic nitrogens is 4. The molecule has 5 nitrogen and oxygen atoms in total. The van der Waals surface area contributed by atoms with Crippen LogP contribution in [0.3, 0.4) is 0 Å². The van der Waals surface area contributed by atoms with Crippen LogP contribution < -0.4 is 5.73 Å². The van der Waals surface area contributed by atoms with Crippen LogP contribution >= 0.6 is 11.6 Å². The molecule has 0 aliphatic rings. The van der Waals surface area contributed by atoms with Crippen molar-refractivity contribution in [3.8, 4) is 17.1 Å². The quantitative estimate of drug-likeness (QED) is 0.736. The first kappa shape index (κ1) is 12.6. The summed E-state index contributed by atoms with van der Waals surface area (Å²) in [5, 5.41) is 11.5. The molecular formula is C13H9ClFN5. The molecule has 3 aromatic rings. The molecule has 0 spiro atoms. The Balaban J connectivity index is 2.10. The van der Waals surface area contributed by atoms with E-state index in [1.165, 1.54) is 16.8 Å². The Morgan fingerprint density at radius 1 is 1.10 bits per heavy atom. The van der Waals surface area contributed by atoms with Crippen LogP contribution in [0.5, 0.6) is 0 Å². The van der Waals surface area contributed by atoms with Gasteiger partial charge in [-0.25, -0.2) is 4.39 Å². The van der Waals surface area contributed by atoms with Gasteiger partial charge in [0.1, 0.15) is 5.82 Å². The van der Waals surface area contributed by atoms with Gasteiger partial charge < -0.3 is 5.73 Å². The third-order valence-electron chi connectivity index (χ3n) is 2.79. The molecule has 0 bridgehead atoms. The Kier molecular flexibility index (Phi) is 3.08. The lowest BCUT2D eigenvalue weighted by molar-refractivity contribution is 0.625. The van der Waals surface area contributed by atoms with Crippen molar-refractivity contribution in [3.63, 3.8) is 0 Å². The number of rotatable bonds is 2. The lowest BCUT2D eigenvalue weighted by Crippen LogP contribution is -2.00. The summed E-state index contributed by atoms with van der Waals surface area (Å²) in [5.74, 6) is -0.0327. The summed E-state index contributed by atoms with van der Waals surface area (Å²) in [6.45, 7) is 0. The molecule has 1 heterocycles. The van der Waals surface area contributed by atoms with E-state index in [0.717, 1.165) is 5.56 Å². The zero-order valence-electron chi connectivity index (χ0n) is 10.2. The van der Waals surface area contributed by atoms with Gasteiger partial charge in [-0.1, -0.05) is 11.6 Å². The van der Waals surface area contributed by atoms with Crippen molar-refractivity contribution in [3.05, 3.63) is 53.3 Å². The lowest BCUT2D eigenvalue weighted by atomic mass is 10.2. The van der Waals surface area contributed by atoms with Gasteiger partial charge in [-0.15, -0.1) is 5.10 Å². The van der Waals surface area contributed by atoms with E-state index in [-0.39, 0.29) is 5.02 Å². The molecule has 3 rings (SSSR count). The molecule has 0 amide bonds. The molecular weight excluding hydrogens is 281 g/mol. The van der Waals surface area contributed by atoms with Gasteiger partial charge in [0.2, 0.25) is 0 Å². The summed E-state index contributed by atoms with van der Waals surface area (Å²) in [6.07, 6.45) is 0. The molecule has 0 atom stereocenters. The fourth-order valence-corrected chi connectivity index (χ4v) is 1.91. The van der Waals surface area contributed by atoms with Crippen LogP contribution in [0.25, 0.3) is 17.1 Å². The van der Waals surface area contributed by atoms with Gasteiger partial charge in [-0.2, -0.15) is 4.68 Å². The van der Waals surface area contributed by atoms with Crippen molar-refractivity contribution in [2.75, 3.05) is 5.73 Å². The van der Waals surface area contributed by atoms with E-state index in [4.69, 9.17) is 17.3 Å². The van der Waals surface area contributed by atoms with Crippen molar-refractivity contribution in [2.45, 2.75) is 0 Å². The van der Waals surface area contributed by atoms with E-state index in [1.54, 1.807) is 30.3 Å². The zero-order valence-corrected chi connectivity index (χ0v) is 10.9. The molecule has 2 N–H and O–H groups in total. The minimum Gasteiger partial charge on any atom is -0.399 e. The molecule has 0 aliphatic carbocycles. The van der Waals surface area contributed by atoms with E-state index in [1.807, 2.05) is 0 Å². The predicted molar refractivity (Wildman–Crippen MR) is 74.0 cm³/mol. The minimum atomic E-state index is -0.525. The van der Waals surface area contributed by atoms with Gasteiger partial charge in [-0.05, 0) is 46.8 Å². The van der Waals surface area contributed by atoms with Gasteiger partial charge in [0.25, 0.3) is 0 Å². The standard InChI is InChI=1S/C13H9ClFN5/c14-11-6-5-10(7-12(11)15)20-13(17-18-19-20)8-1-3-9(16)4-2-8/h1-7H,16H2. The maximum Gasteiger partial charge on any atom is 0.187 e. The number of tetrazole rings is 1. The number of nitrogen functional groups attached to an aromatic ring is 1. The monoisotopic (exact) mass is 289 g/mol. The molecule has 0 unspecified atom stereocenters. The Hall–Kier alpha value is -2.47. The molecule has 0 radical (unpaired) electrons. The third-order valence-corrected chi connectivity index (χ3v) is 3.09. The molecule has 100 valence electrons. The van der Waals surface area contributed by atoms with Crippen molar-refractivity contribution in [1.82, 2.24) is 20.2 Å². The third kappa shape index (κ3) is 2.21. The second-order valence-corrected chi connectivity index (χ2v) is 4.54. The number of nitrogens with two attached hydrogens (primary N) is 1. The fourth-order valence-electron chi connectivity index (χ4n) is 1.79. The Morgan fingerprint density at radius 3 is 2.55 bits per heavy atom. The summed E-state index contributed by atoms with van der Waals surface area (Å²) < 4.78 is 15.0. The number of anilines is 1. The second kappa shape index (κ2) is 4.90. The SMILES string of the molecule is Nc1ccc(-c2nnnn2-c2ccc(Cl)c(F)c2)cc1. The Labute approximate surface area is 118 Å². The average molecular weight is 290 g/mol. The Bertz CT molecular complexity index is 754. The number of hydrogen-bond donors (Lipinski definition) is 1. The minimum absolute atomic E-state index is 0.0517. The highest BCUT2D eigenvalue weighted by molar-refractivity contribution is 6.30. The molecule has 2 aromatic carbocycles. The second-order valence-electron chi connectivity index (χ2n) is 4.13. The van der Waals surface area contributed by atoms with Gasteiger partial charge >= 0.3 is 0 Å². The van der Waals surface area contributed by atoms with E-state index >= 15 is 0 Å². The number of benzene rings is 2. The molecule has 0 aliphatic heterocycles. The van der Waals surface area contributed by atoms with Crippen LogP contribution in [0.4, 0.5) is 10.1 Å². The first-order valence-electron chi connectivity index (χ1n) is 5.75. The predicted octanol–water partition coefficient (Wildman–Crippen LogP) is 2.70. The largest absolute Gasteiger partial charge is 0.399 e. The molecule has 0 saturated heterocycles. The highest BCUT2D eigenvalue weighted by atomic mass is 35.5. The smallest absolute Gasteiger partial charge is 0.187 e. The van der Waals surface area contributed by atoms with Crippen LogP contribution in [0.2, 0.25) is 5.02 Å². The van der Waals surface area contributed by atoms with Crippen LogP contribution in [0.15, 0.2) is 42.5 Å². The van der Waals surface area contributed by atoms with E-state index in [0.29, 0.717) is 17.2 Å². The first-order valence-corrected chi connectivity index (χ1v) is 6.12. The number of hydrogen-bond acceptors (Lipinski definition) is 4. The van der Waals surface area contributed by atoms with E-state index in [2.05, 4.69) is 15.5 Å². The fraction of sp³-hybridized carbons (Fsp3) is 0. The first-order chi connectivity index (χ1) is 9.65. The molecule has 0 fully saturated rings. The van der Waals surface area contributed by atoms with Gasteiger partial charge in [0.05, 0.1) is 10.7 Å². The van der Waals surface area contributed by atoms with Crippen molar-refractivity contribution < 1.29 is 4.39 Å². The maximum absolute atomic E-state index is 13.5. The summed E-state index contributed by atoms with van der Waals surface area (Å²) in [5.41, 5.74) is 7.55. The zero-order chi connectivity index (χ0) is 14.1. The Morgan fingerprint density at radius 2 is 1.85 bits per heavy atom. The van der Waals surface area contributed by atoms with Gasteiger partial charge in [0.15, 0.2) is 5.82 Å². The molecule has 20 heavy (non-hydrogen) atoms. The van der Waals surface area contributed by atoms with Crippen LogP contribution in [0.1, 0.15) is 0 Å². The van der Waals surface area contributed by atoms with E-state index < -0.39 is 5.82 Å². The van der Waals surface area contributed by atoms with Crippen molar-refractivity contribution >= 4 is 17.3 Å². The summed E-state index contributed by atoms with van der Waals surface area (Å²) in [6, 6.07) is 11.5.